The van der Waals surface area contributed by atoms with E-state index in [2.05, 4.69) is 18.5 Å². The second-order valence-corrected chi connectivity index (χ2v) is 12.2. The normalized spacial score (nSPS) is 17.9. The van der Waals surface area contributed by atoms with Crippen molar-refractivity contribution >= 4 is 35.3 Å². The second-order valence-electron chi connectivity index (χ2n) is 11.0. The number of anilines is 1. The van der Waals surface area contributed by atoms with Gasteiger partial charge in [-0.1, -0.05) is 72.9 Å². The van der Waals surface area contributed by atoms with Gasteiger partial charge in [0.25, 0.3) is 0 Å². The first-order valence-corrected chi connectivity index (χ1v) is 15.4. The van der Waals surface area contributed by atoms with Crippen molar-refractivity contribution in [1.29, 1.82) is 0 Å². The summed E-state index contributed by atoms with van der Waals surface area (Å²) in [5.41, 5.74) is 14.3. The number of aromatic hydroxyl groups is 1. The number of fused-ring (bicyclic) bond motifs is 1. The van der Waals surface area contributed by atoms with Gasteiger partial charge in [0, 0.05) is 19.5 Å². The predicted octanol–water partition coefficient (Wildman–Crippen LogP) is 3.37. The molecule has 0 unspecified atom stereocenters. The SMILES string of the molecule is C=CCN(C(=O)NCc1ccccc1)N1CC(=O)N2[C@H](Cc3ccc(O)cc3)C(=O)N(Cc3ccc(F)c(SC(=C)N)c3N)C[C@@H]21. The molecule has 4 amide bonds. The zero-order valence-corrected chi connectivity index (χ0v) is 26.0. The van der Waals surface area contributed by atoms with E-state index in [4.69, 9.17) is 11.5 Å². The highest BCUT2D eigenvalue weighted by Gasteiger charge is 2.52. The molecule has 46 heavy (non-hydrogen) atoms. The van der Waals surface area contributed by atoms with Crippen molar-refractivity contribution in [1.82, 2.24) is 25.1 Å². The number of nitrogens with zero attached hydrogens (tertiary/aromatic N) is 4. The summed E-state index contributed by atoms with van der Waals surface area (Å²) < 4.78 is 14.7. The number of nitrogens with two attached hydrogens (primary N) is 2. The van der Waals surface area contributed by atoms with Crippen molar-refractivity contribution in [3.05, 3.63) is 114 Å². The number of phenols is 1. The van der Waals surface area contributed by atoms with E-state index in [9.17, 15) is 23.9 Å². The van der Waals surface area contributed by atoms with Crippen LogP contribution in [0.3, 0.4) is 0 Å². The molecular formula is C33H36FN7O4S. The molecule has 2 aliphatic heterocycles. The van der Waals surface area contributed by atoms with Crippen LogP contribution in [0, 0.1) is 5.82 Å². The van der Waals surface area contributed by atoms with Crippen molar-refractivity contribution in [3.63, 3.8) is 0 Å². The van der Waals surface area contributed by atoms with E-state index in [-0.39, 0.29) is 72.3 Å². The maximum absolute atomic E-state index is 14.7. The lowest BCUT2D eigenvalue weighted by atomic mass is 9.99. The van der Waals surface area contributed by atoms with Crippen LogP contribution in [0.5, 0.6) is 5.75 Å². The van der Waals surface area contributed by atoms with E-state index in [1.54, 1.807) is 28.1 Å². The number of piperazine rings is 1. The lowest BCUT2D eigenvalue weighted by molar-refractivity contribution is -0.157. The Morgan fingerprint density at radius 2 is 1.83 bits per heavy atom. The van der Waals surface area contributed by atoms with E-state index in [0.717, 1.165) is 22.9 Å². The van der Waals surface area contributed by atoms with Gasteiger partial charge in [-0.25, -0.2) is 9.18 Å². The molecular weight excluding hydrogens is 609 g/mol. The summed E-state index contributed by atoms with van der Waals surface area (Å²) in [4.78, 5) is 44.5. The van der Waals surface area contributed by atoms with E-state index >= 15 is 0 Å². The summed E-state index contributed by atoms with van der Waals surface area (Å²) in [6, 6.07) is 17.3. The average molecular weight is 646 g/mol. The number of benzene rings is 3. The van der Waals surface area contributed by atoms with Crippen LogP contribution in [0.25, 0.3) is 0 Å². The van der Waals surface area contributed by atoms with Crippen LogP contribution in [-0.4, -0.2) is 74.6 Å². The van der Waals surface area contributed by atoms with Gasteiger partial charge in [-0.15, -0.1) is 6.58 Å². The highest BCUT2D eigenvalue weighted by molar-refractivity contribution is 8.03. The third-order valence-electron chi connectivity index (χ3n) is 7.90. The summed E-state index contributed by atoms with van der Waals surface area (Å²) in [6.45, 7) is 7.76. The summed E-state index contributed by atoms with van der Waals surface area (Å²) in [5.74, 6) is -1.13. The van der Waals surface area contributed by atoms with Gasteiger partial charge in [0.05, 0.1) is 35.2 Å². The zero-order valence-electron chi connectivity index (χ0n) is 25.1. The summed E-state index contributed by atoms with van der Waals surface area (Å²) >= 11 is 0.902. The number of carbonyl (C=O) groups excluding carboxylic acids is 3. The molecule has 2 aliphatic rings. The topological polar surface area (TPSA) is 148 Å². The smallest absolute Gasteiger partial charge is 0.332 e. The Morgan fingerprint density at radius 3 is 2.50 bits per heavy atom. The van der Waals surface area contributed by atoms with Gasteiger partial charge in [0.2, 0.25) is 11.8 Å². The number of amides is 4. The molecule has 6 N–H and O–H groups in total. The Morgan fingerprint density at radius 1 is 1.11 bits per heavy atom. The third-order valence-corrected chi connectivity index (χ3v) is 8.78. The molecule has 0 aliphatic carbocycles. The van der Waals surface area contributed by atoms with Gasteiger partial charge < -0.3 is 31.7 Å². The second kappa shape index (κ2) is 14.0. The largest absolute Gasteiger partial charge is 0.508 e. The van der Waals surface area contributed by atoms with Crippen LogP contribution in [0.15, 0.2) is 95.9 Å². The Bertz CT molecular complexity index is 1640. The quantitative estimate of drug-likeness (QED) is 0.141. The Balaban J connectivity index is 1.47. The molecule has 2 fully saturated rings. The van der Waals surface area contributed by atoms with Crippen LogP contribution in [-0.2, 0) is 29.1 Å². The van der Waals surface area contributed by atoms with E-state index in [1.165, 1.54) is 34.2 Å². The number of nitrogen functional groups attached to an aromatic ring is 1. The predicted molar refractivity (Wildman–Crippen MR) is 174 cm³/mol. The molecule has 0 radical (unpaired) electrons. The standard InChI is InChI=1S/C33H36FN7O4S/c1-3-15-39(33(45)37-17-23-7-5-4-6-8-23)40-20-29(43)41-27(16-22-9-12-25(42)13-10-22)32(44)38(19-28(40)41)18-24-11-14-26(34)31(30(24)36)46-21(2)35/h3-14,27-28,42H,1-2,15-20,35-36H2,(H,37,45)/t27-,28-/m1/s1. The highest BCUT2D eigenvalue weighted by Crippen LogP contribution is 2.35. The van der Waals surface area contributed by atoms with E-state index < -0.39 is 24.1 Å². The Labute approximate surface area is 270 Å². The van der Waals surface area contributed by atoms with Crippen molar-refractivity contribution in [2.75, 3.05) is 25.4 Å². The van der Waals surface area contributed by atoms with Gasteiger partial charge in [-0.2, -0.15) is 5.01 Å². The van der Waals surface area contributed by atoms with Gasteiger partial charge in [-0.3, -0.25) is 14.6 Å². The van der Waals surface area contributed by atoms with Gasteiger partial charge in [0.15, 0.2) is 0 Å². The van der Waals surface area contributed by atoms with Crippen LogP contribution in [0.2, 0.25) is 0 Å². The molecule has 3 aromatic rings. The fourth-order valence-corrected chi connectivity index (χ4v) is 6.40. The number of carbonyl (C=O) groups is 3. The molecule has 2 heterocycles. The maximum atomic E-state index is 14.7. The van der Waals surface area contributed by atoms with Gasteiger partial charge in [-0.05, 0) is 34.9 Å². The fraction of sp³-hybridized carbons (Fsp3) is 0.242. The van der Waals surface area contributed by atoms with Crippen molar-refractivity contribution < 1.29 is 23.9 Å². The minimum Gasteiger partial charge on any atom is -0.508 e. The number of halogens is 1. The lowest BCUT2D eigenvalue weighted by Crippen LogP contribution is -2.66. The van der Waals surface area contributed by atoms with Crippen LogP contribution in [0.4, 0.5) is 14.9 Å². The zero-order chi connectivity index (χ0) is 33.0. The third kappa shape index (κ3) is 6.95. The van der Waals surface area contributed by atoms with Crippen LogP contribution in [0.1, 0.15) is 16.7 Å². The molecule has 0 aromatic heterocycles. The molecule has 0 bridgehead atoms. The molecule has 0 saturated carbocycles. The van der Waals surface area contributed by atoms with Crippen molar-refractivity contribution in [3.8, 4) is 5.75 Å². The van der Waals surface area contributed by atoms with Crippen LogP contribution < -0.4 is 16.8 Å². The van der Waals surface area contributed by atoms with Crippen LogP contribution >= 0.6 is 11.8 Å². The number of nitrogens with one attached hydrogen (secondary N) is 1. The summed E-state index contributed by atoms with van der Waals surface area (Å²) in [5, 5.41) is 16.0. The number of hydrazine groups is 1. The first-order valence-electron chi connectivity index (χ1n) is 14.6. The van der Waals surface area contributed by atoms with E-state index in [1.807, 2.05) is 30.3 Å². The van der Waals surface area contributed by atoms with Gasteiger partial charge >= 0.3 is 6.03 Å². The molecule has 11 nitrogen and oxygen atoms in total. The number of thioether (sulfide) groups is 1. The lowest BCUT2D eigenvalue weighted by Gasteiger charge is -2.46. The average Bonchev–Trinajstić information content (AvgIpc) is 3.36. The summed E-state index contributed by atoms with van der Waals surface area (Å²) in [7, 11) is 0. The molecule has 5 rings (SSSR count). The number of rotatable bonds is 11. The monoisotopic (exact) mass is 645 g/mol. The molecule has 2 atom stereocenters. The Hall–Kier alpha value is -5.01. The maximum Gasteiger partial charge on any atom is 0.332 e. The fourth-order valence-electron chi connectivity index (χ4n) is 5.73. The summed E-state index contributed by atoms with van der Waals surface area (Å²) in [6.07, 6.45) is 1.04. The van der Waals surface area contributed by atoms with Crippen molar-refractivity contribution in [2.45, 2.75) is 36.6 Å². The van der Waals surface area contributed by atoms with Gasteiger partial charge in [0.1, 0.15) is 23.8 Å². The van der Waals surface area contributed by atoms with Crippen molar-refractivity contribution in [2.24, 2.45) is 5.73 Å². The molecule has 2 saturated heterocycles. The molecule has 240 valence electrons. The highest BCUT2D eigenvalue weighted by atomic mass is 32.2. The number of phenolic OH excluding ortho intramolecular Hbond substituents is 1. The molecule has 13 heteroatoms. The minimum absolute atomic E-state index is 0.0235. The molecule has 0 spiro atoms. The van der Waals surface area contributed by atoms with E-state index in [0.29, 0.717) is 5.56 Å². The number of urea groups is 1. The first-order chi connectivity index (χ1) is 22.1. The number of hydrogen-bond donors (Lipinski definition) is 4. The Kier molecular flexibility index (Phi) is 9.83. The minimum atomic E-state index is -0.918. The number of hydrogen-bond acceptors (Lipinski definition) is 8. The molecule has 3 aromatic carbocycles. The first kappa shape index (κ1) is 32.4.